The quantitative estimate of drug-likeness (QED) is 0.472. The average molecular weight is 561 g/mol. The predicted molar refractivity (Wildman–Crippen MR) is 157 cm³/mol. The molecule has 1 aromatic heterocycles. The number of aryl methyl sites for hydroxylation is 1. The van der Waals surface area contributed by atoms with E-state index in [4.69, 9.17) is 4.74 Å². The van der Waals surface area contributed by atoms with E-state index in [1.54, 1.807) is 12.1 Å². The standard InChI is InChI=1S/C33H41FN4O3/c1-24-21-27(25(2)38(24)22-26-9-11-28(34)12-10-26)23-37-18-14-33(15-19-37)13-5-6-16-35-31(39)29-7-3-4-8-30(29)41-20-17-36-32(33)40/h3-4,7-12,21H,5-6,13-20,22-23H2,1-2H3,(H,35,39)(H,36,40). The number of nitrogens with one attached hydrogen (secondary N) is 2. The summed E-state index contributed by atoms with van der Waals surface area (Å²) in [4.78, 5) is 28.7. The first-order valence-electron chi connectivity index (χ1n) is 14.8. The molecule has 41 heavy (non-hydrogen) atoms. The number of aromatic nitrogens is 1. The molecule has 218 valence electrons. The number of benzene rings is 2. The van der Waals surface area contributed by atoms with Crippen LogP contribution >= 0.6 is 0 Å². The second-order valence-electron chi connectivity index (χ2n) is 11.5. The molecule has 0 unspecified atom stereocenters. The molecular weight excluding hydrogens is 519 g/mol. The van der Waals surface area contributed by atoms with Crippen molar-refractivity contribution in [1.82, 2.24) is 20.1 Å². The van der Waals surface area contributed by atoms with Crippen molar-refractivity contribution in [3.63, 3.8) is 0 Å². The Kier molecular flexibility index (Phi) is 9.08. The van der Waals surface area contributed by atoms with Crippen molar-refractivity contribution < 1.29 is 18.7 Å². The molecule has 0 bridgehead atoms. The molecule has 0 atom stereocenters. The number of likely N-dealkylation sites (tertiary alicyclic amines) is 1. The highest BCUT2D eigenvalue weighted by atomic mass is 19.1. The highest BCUT2D eigenvalue weighted by Gasteiger charge is 2.40. The molecule has 0 radical (unpaired) electrons. The molecule has 2 amide bonds. The summed E-state index contributed by atoms with van der Waals surface area (Å²) in [6, 6.07) is 16.2. The van der Waals surface area contributed by atoms with Crippen molar-refractivity contribution in [3.05, 3.63) is 88.5 Å². The van der Waals surface area contributed by atoms with E-state index in [1.807, 2.05) is 24.3 Å². The van der Waals surface area contributed by atoms with Crippen LogP contribution in [-0.4, -0.2) is 54.1 Å². The summed E-state index contributed by atoms with van der Waals surface area (Å²) in [6.45, 7) is 8.84. The second-order valence-corrected chi connectivity index (χ2v) is 11.5. The number of carbonyl (C=O) groups excluding carboxylic acids is 2. The van der Waals surface area contributed by atoms with Gasteiger partial charge in [-0.05, 0) is 94.1 Å². The van der Waals surface area contributed by atoms with E-state index in [0.29, 0.717) is 31.0 Å². The fourth-order valence-corrected chi connectivity index (χ4v) is 6.20. The van der Waals surface area contributed by atoms with E-state index in [1.165, 1.54) is 29.1 Å². The molecule has 5 rings (SSSR count). The zero-order valence-corrected chi connectivity index (χ0v) is 24.2. The predicted octanol–water partition coefficient (Wildman–Crippen LogP) is 4.98. The number of rotatable bonds is 4. The van der Waals surface area contributed by atoms with Crippen LogP contribution in [0.3, 0.4) is 0 Å². The van der Waals surface area contributed by atoms with E-state index in [-0.39, 0.29) is 17.6 Å². The van der Waals surface area contributed by atoms with Gasteiger partial charge in [0.05, 0.1) is 17.5 Å². The molecule has 3 aromatic rings. The fourth-order valence-electron chi connectivity index (χ4n) is 6.20. The summed E-state index contributed by atoms with van der Waals surface area (Å²) in [5.74, 6) is 0.316. The molecular formula is C33H41FN4O3. The normalized spacial score (nSPS) is 18.6. The number of amides is 2. The van der Waals surface area contributed by atoms with Crippen LogP contribution in [0.2, 0.25) is 0 Å². The Morgan fingerprint density at radius 3 is 2.44 bits per heavy atom. The molecule has 1 spiro atoms. The third kappa shape index (κ3) is 6.81. The van der Waals surface area contributed by atoms with E-state index in [9.17, 15) is 14.0 Å². The van der Waals surface area contributed by atoms with Gasteiger partial charge in [0.25, 0.3) is 5.91 Å². The van der Waals surface area contributed by atoms with Crippen LogP contribution in [-0.2, 0) is 17.9 Å². The Bertz CT molecular complexity index is 1360. The zero-order chi connectivity index (χ0) is 28.8. The molecule has 2 aliphatic heterocycles. The molecule has 2 aliphatic rings. The van der Waals surface area contributed by atoms with Gasteiger partial charge in [-0.15, -0.1) is 0 Å². The number of para-hydroxylation sites is 1. The van der Waals surface area contributed by atoms with E-state index in [0.717, 1.165) is 63.8 Å². The van der Waals surface area contributed by atoms with E-state index >= 15 is 0 Å². The Labute approximate surface area is 242 Å². The van der Waals surface area contributed by atoms with Crippen molar-refractivity contribution in [2.24, 2.45) is 5.41 Å². The number of halogens is 1. The average Bonchev–Trinajstić information content (AvgIpc) is 3.24. The minimum Gasteiger partial charge on any atom is -0.491 e. The van der Waals surface area contributed by atoms with Gasteiger partial charge in [-0.3, -0.25) is 14.5 Å². The first kappa shape index (κ1) is 28.9. The maximum atomic E-state index is 13.5. The smallest absolute Gasteiger partial charge is 0.255 e. The van der Waals surface area contributed by atoms with Crippen molar-refractivity contribution in [2.45, 2.75) is 59.0 Å². The van der Waals surface area contributed by atoms with Gasteiger partial charge in [0.2, 0.25) is 5.91 Å². The van der Waals surface area contributed by atoms with Crippen LogP contribution in [0.5, 0.6) is 5.75 Å². The monoisotopic (exact) mass is 560 g/mol. The fraction of sp³-hybridized carbons (Fsp3) is 0.455. The van der Waals surface area contributed by atoms with Crippen LogP contribution in [0, 0.1) is 25.1 Å². The molecule has 2 aromatic carbocycles. The molecule has 1 fully saturated rings. The first-order valence-corrected chi connectivity index (χ1v) is 14.8. The van der Waals surface area contributed by atoms with Crippen molar-refractivity contribution in [3.8, 4) is 5.75 Å². The lowest BCUT2D eigenvalue weighted by molar-refractivity contribution is -0.134. The van der Waals surface area contributed by atoms with Crippen LogP contribution in [0.4, 0.5) is 4.39 Å². The largest absolute Gasteiger partial charge is 0.491 e. The van der Waals surface area contributed by atoms with Gasteiger partial charge < -0.3 is 19.9 Å². The molecule has 7 nitrogen and oxygen atoms in total. The summed E-state index contributed by atoms with van der Waals surface area (Å²) < 4.78 is 21.5. The lowest BCUT2D eigenvalue weighted by atomic mass is 9.73. The van der Waals surface area contributed by atoms with Gasteiger partial charge in [0.15, 0.2) is 0 Å². The molecule has 2 N–H and O–H groups in total. The Hall–Kier alpha value is -3.65. The Morgan fingerprint density at radius 2 is 1.66 bits per heavy atom. The third-order valence-corrected chi connectivity index (χ3v) is 8.77. The number of hydrogen-bond acceptors (Lipinski definition) is 4. The number of nitrogens with zero attached hydrogens (tertiary/aromatic N) is 2. The summed E-state index contributed by atoms with van der Waals surface area (Å²) >= 11 is 0. The van der Waals surface area contributed by atoms with Gasteiger partial charge in [-0.2, -0.15) is 0 Å². The second kappa shape index (κ2) is 12.9. The van der Waals surface area contributed by atoms with Gasteiger partial charge in [0, 0.05) is 31.0 Å². The maximum absolute atomic E-state index is 13.5. The number of ether oxygens (including phenoxy) is 1. The summed E-state index contributed by atoms with van der Waals surface area (Å²) in [6.07, 6.45) is 4.14. The van der Waals surface area contributed by atoms with Crippen LogP contribution < -0.4 is 15.4 Å². The van der Waals surface area contributed by atoms with Crippen LogP contribution in [0.15, 0.2) is 54.6 Å². The summed E-state index contributed by atoms with van der Waals surface area (Å²) in [7, 11) is 0. The van der Waals surface area contributed by atoms with Crippen molar-refractivity contribution in [1.29, 1.82) is 0 Å². The lowest BCUT2D eigenvalue weighted by Gasteiger charge is -2.41. The zero-order valence-electron chi connectivity index (χ0n) is 24.2. The van der Waals surface area contributed by atoms with Gasteiger partial charge in [-0.1, -0.05) is 30.7 Å². The van der Waals surface area contributed by atoms with Crippen molar-refractivity contribution in [2.75, 3.05) is 32.8 Å². The number of fused-ring (bicyclic) bond motifs is 1. The van der Waals surface area contributed by atoms with Crippen LogP contribution in [0.1, 0.15) is 65.0 Å². The molecule has 0 saturated carbocycles. The Morgan fingerprint density at radius 1 is 0.902 bits per heavy atom. The minimum absolute atomic E-state index is 0.118. The number of piperidine rings is 1. The lowest BCUT2D eigenvalue weighted by Crippen LogP contribution is -2.49. The van der Waals surface area contributed by atoms with Crippen molar-refractivity contribution >= 4 is 11.8 Å². The van der Waals surface area contributed by atoms with Crippen LogP contribution in [0.25, 0.3) is 0 Å². The SMILES string of the molecule is Cc1cc(CN2CCC3(CCCCNC(=O)c4ccccc4OCCNC3=O)CC2)c(C)n1Cc1ccc(F)cc1. The molecule has 1 saturated heterocycles. The molecule has 3 heterocycles. The van der Waals surface area contributed by atoms with Gasteiger partial charge in [-0.25, -0.2) is 4.39 Å². The molecule has 8 heteroatoms. The third-order valence-electron chi connectivity index (χ3n) is 8.77. The topological polar surface area (TPSA) is 75.6 Å². The minimum atomic E-state index is -0.401. The Balaban J connectivity index is 1.21. The maximum Gasteiger partial charge on any atom is 0.255 e. The number of hydrogen-bond donors (Lipinski definition) is 2. The molecule has 0 aliphatic carbocycles. The van der Waals surface area contributed by atoms with E-state index < -0.39 is 5.41 Å². The van der Waals surface area contributed by atoms with Gasteiger partial charge >= 0.3 is 0 Å². The summed E-state index contributed by atoms with van der Waals surface area (Å²) in [5, 5.41) is 6.15. The first-order chi connectivity index (χ1) is 19.8. The summed E-state index contributed by atoms with van der Waals surface area (Å²) in [5.41, 5.74) is 4.92. The highest BCUT2D eigenvalue weighted by molar-refractivity contribution is 5.96. The van der Waals surface area contributed by atoms with E-state index in [2.05, 4.69) is 40.0 Å². The highest BCUT2D eigenvalue weighted by Crippen LogP contribution is 2.38. The number of carbonyl (C=O) groups is 2. The van der Waals surface area contributed by atoms with Gasteiger partial charge in [0.1, 0.15) is 18.2 Å².